The van der Waals surface area contributed by atoms with Gasteiger partial charge in [0, 0.05) is 24.9 Å². The average molecular weight is 605 g/mol. The molecule has 0 aliphatic rings. The number of hydrogen-bond acceptors (Lipinski definition) is 7. The average Bonchev–Trinajstić information content (AvgIpc) is 3.35. The molecule has 0 radical (unpaired) electrons. The minimum atomic E-state index is -5.14. The van der Waals surface area contributed by atoms with Gasteiger partial charge in [0.2, 0.25) is 0 Å². The Bertz CT molecular complexity index is 1790. The van der Waals surface area contributed by atoms with Gasteiger partial charge in [-0.25, -0.2) is 17.6 Å². The van der Waals surface area contributed by atoms with Crippen molar-refractivity contribution < 1.29 is 40.3 Å². The van der Waals surface area contributed by atoms with E-state index in [0.717, 1.165) is 18.4 Å². The molecule has 0 atom stereocenters. The van der Waals surface area contributed by atoms with E-state index in [2.05, 4.69) is 10.4 Å². The van der Waals surface area contributed by atoms with Crippen LogP contribution in [0.15, 0.2) is 71.6 Å². The van der Waals surface area contributed by atoms with Crippen LogP contribution in [0.1, 0.15) is 39.0 Å². The molecule has 0 saturated heterocycles. The Hall–Kier alpha value is -4.56. The highest BCUT2D eigenvalue weighted by Crippen LogP contribution is 2.35. The van der Waals surface area contributed by atoms with Crippen molar-refractivity contribution in [2.45, 2.75) is 31.1 Å². The molecule has 3 aromatic carbocycles. The molecular formula is C28H24F4N4O5S. The minimum absolute atomic E-state index is 0.0483. The van der Waals surface area contributed by atoms with Gasteiger partial charge >= 0.3 is 12.1 Å². The number of benzene rings is 3. The van der Waals surface area contributed by atoms with Crippen molar-refractivity contribution in [1.82, 2.24) is 9.78 Å². The van der Waals surface area contributed by atoms with E-state index < -0.39 is 56.3 Å². The summed E-state index contributed by atoms with van der Waals surface area (Å²) in [6.45, 7) is 1.23. The molecule has 0 aliphatic carbocycles. The number of aromatic nitrogens is 2. The van der Waals surface area contributed by atoms with Crippen molar-refractivity contribution in [2.75, 3.05) is 11.6 Å². The van der Waals surface area contributed by atoms with Gasteiger partial charge in [-0.2, -0.15) is 18.3 Å². The fourth-order valence-electron chi connectivity index (χ4n) is 4.20. The summed E-state index contributed by atoms with van der Waals surface area (Å²) in [6, 6.07) is 15.1. The van der Waals surface area contributed by atoms with Crippen LogP contribution in [-0.4, -0.2) is 36.3 Å². The van der Waals surface area contributed by atoms with Crippen LogP contribution < -0.4 is 15.8 Å². The predicted octanol–water partition coefficient (Wildman–Crippen LogP) is 5.06. The highest BCUT2D eigenvalue weighted by molar-refractivity contribution is 7.90. The number of hydrogen-bond donors (Lipinski definition) is 2. The molecule has 9 nitrogen and oxygen atoms in total. The molecule has 0 bridgehead atoms. The molecule has 1 aromatic heterocycles. The highest BCUT2D eigenvalue weighted by Gasteiger charge is 2.43. The second kappa shape index (κ2) is 11.7. The molecular weight excluding hydrogens is 580 g/mol. The van der Waals surface area contributed by atoms with Gasteiger partial charge < -0.3 is 15.8 Å². The van der Waals surface area contributed by atoms with Gasteiger partial charge in [-0.05, 0) is 48.4 Å². The number of ether oxygens (including phenoxy) is 1. The van der Waals surface area contributed by atoms with Crippen molar-refractivity contribution >= 4 is 27.4 Å². The molecule has 1 heterocycles. The Morgan fingerprint density at radius 1 is 1.05 bits per heavy atom. The largest absolute Gasteiger partial charge is 0.436 e. The van der Waals surface area contributed by atoms with Gasteiger partial charge in [-0.3, -0.25) is 9.48 Å². The van der Waals surface area contributed by atoms with Crippen LogP contribution in [0, 0.1) is 5.82 Å². The summed E-state index contributed by atoms with van der Waals surface area (Å²) in [7, 11) is -3.66. The van der Waals surface area contributed by atoms with E-state index >= 15 is 4.39 Å². The number of amides is 1. The lowest BCUT2D eigenvalue weighted by Gasteiger charge is -2.13. The standard InChI is InChI=1S/C28H24F4N4O5S/c1-3-36-24(23(25(35-36)28(30,31)32)27(38)41-18-8-6-7-16(13-18)15-33)26(37)34-21-12-11-17(14-20(21)29)19-9-4-5-10-22(19)42(2,39)40/h4-14H,3,15,33H2,1-2H3,(H,34,37). The summed E-state index contributed by atoms with van der Waals surface area (Å²) < 4.78 is 87.1. The van der Waals surface area contributed by atoms with Gasteiger partial charge in [-0.15, -0.1) is 0 Å². The molecule has 0 saturated carbocycles. The number of nitrogens with two attached hydrogens (primary N) is 1. The molecule has 0 aliphatic heterocycles. The number of esters is 1. The molecule has 0 unspecified atom stereocenters. The first-order chi connectivity index (χ1) is 19.7. The number of carbonyl (C=O) groups excluding carboxylic acids is 2. The van der Waals surface area contributed by atoms with E-state index in [9.17, 15) is 31.2 Å². The third kappa shape index (κ3) is 6.34. The zero-order valence-corrected chi connectivity index (χ0v) is 23.0. The van der Waals surface area contributed by atoms with Crippen LogP contribution in [0.25, 0.3) is 11.1 Å². The molecule has 14 heteroatoms. The number of anilines is 1. The van der Waals surface area contributed by atoms with Gasteiger partial charge in [0.05, 0.1) is 10.6 Å². The van der Waals surface area contributed by atoms with Crippen molar-refractivity contribution in [3.8, 4) is 16.9 Å². The first-order valence-electron chi connectivity index (χ1n) is 12.3. The molecule has 4 aromatic rings. The first kappa shape index (κ1) is 30.4. The third-order valence-electron chi connectivity index (χ3n) is 6.10. The zero-order chi connectivity index (χ0) is 30.8. The van der Waals surface area contributed by atoms with Crippen LogP contribution in [0.3, 0.4) is 0 Å². The molecule has 1 amide bonds. The van der Waals surface area contributed by atoms with E-state index in [4.69, 9.17) is 10.5 Å². The number of alkyl halides is 3. The predicted molar refractivity (Wildman–Crippen MR) is 145 cm³/mol. The fraction of sp³-hybridized carbons (Fsp3) is 0.179. The van der Waals surface area contributed by atoms with Crippen LogP contribution in [-0.2, 0) is 29.1 Å². The fourth-order valence-corrected chi connectivity index (χ4v) is 5.11. The van der Waals surface area contributed by atoms with Gasteiger partial charge in [0.25, 0.3) is 5.91 Å². The summed E-state index contributed by atoms with van der Waals surface area (Å²) in [4.78, 5) is 26.3. The number of carbonyl (C=O) groups is 2. The quantitative estimate of drug-likeness (QED) is 0.163. The maximum absolute atomic E-state index is 15.2. The SMILES string of the molecule is CCn1nc(C(F)(F)F)c(C(=O)Oc2cccc(CN)c2)c1C(=O)Nc1ccc(-c2ccccc2S(C)(=O)=O)cc1F. The second-order valence-electron chi connectivity index (χ2n) is 9.04. The third-order valence-corrected chi connectivity index (χ3v) is 7.25. The van der Waals surface area contributed by atoms with Gasteiger partial charge in [-0.1, -0.05) is 36.4 Å². The van der Waals surface area contributed by atoms with Crippen LogP contribution in [0.2, 0.25) is 0 Å². The van der Waals surface area contributed by atoms with E-state index in [0.29, 0.717) is 10.2 Å². The Balaban J connectivity index is 1.73. The lowest BCUT2D eigenvalue weighted by atomic mass is 10.0. The summed E-state index contributed by atoms with van der Waals surface area (Å²) >= 11 is 0. The number of aryl methyl sites for hydroxylation is 1. The lowest BCUT2D eigenvalue weighted by molar-refractivity contribution is -0.141. The Morgan fingerprint density at radius 3 is 2.38 bits per heavy atom. The van der Waals surface area contributed by atoms with Crippen molar-refractivity contribution in [3.63, 3.8) is 0 Å². The monoisotopic (exact) mass is 604 g/mol. The smallest absolute Gasteiger partial charge is 0.423 e. The Labute approximate surface area is 237 Å². The Morgan fingerprint density at radius 2 is 1.76 bits per heavy atom. The number of sulfone groups is 1. The van der Waals surface area contributed by atoms with E-state index in [1.807, 2.05) is 0 Å². The summed E-state index contributed by atoms with van der Waals surface area (Å²) in [5, 5.41) is 5.61. The van der Waals surface area contributed by atoms with E-state index in [1.165, 1.54) is 49.4 Å². The molecule has 0 spiro atoms. The van der Waals surface area contributed by atoms with Crippen molar-refractivity contribution in [1.29, 1.82) is 0 Å². The maximum Gasteiger partial charge on any atom is 0.436 e. The Kier molecular flexibility index (Phi) is 8.50. The maximum atomic E-state index is 15.2. The number of rotatable bonds is 8. The first-order valence-corrected chi connectivity index (χ1v) is 14.2. The topological polar surface area (TPSA) is 133 Å². The van der Waals surface area contributed by atoms with E-state index in [1.54, 1.807) is 12.1 Å². The summed E-state index contributed by atoms with van der Waals surface area (Å²) in [5.41, 5.74) is 2.45. The zero-order valence-electron chi connectivity index (χ0n) is 22.2. The van der Waals surface area contributed by atoms with Gasteiger partial charge in [0.15, 0.2) is 15.5 Å². The van der Waals surface area contributed by atoms with Crippen LogP contribution >= 0.6 is 0 Å². The summed E-state index contributed by atoms with van der Waals surface area (Å²) in [5.74, 6) is -3.88. The second-order valence-corrected chi connectivity index (χ2v) is 11.0. The minimum Gasteiger partial charge on any atom is -0.423 e. The molecule has 42 heavy (non-hydrogen) atoms. The molecule has 3 N–H and O–H groups in total. The number of halogens is 4. The molecule has 4 rings (SSSR count). The van der Waals surface area contributed by atoms with Crippen LogP contribution in [0.5, 0.6) is 5.75 Å². The van der Waals surface area contributed by atoms with Crippen LogP contribution in [0.4, 0.5) is 23.2 Å². The number of nitrogens with zero attached hydrogens (tertiary/aromatic N) is 2. The van der Waals surface area contributed by atoms with Crippen molar-refractivity contribution in [2.24, 2.45) is 5.73 Å². The number of nitrogens with one attached hydrogen (secondary N) is 1. The lowest BCUT2D eigenvalue weighted by Crippen LogP contribution is -2.23. The van der Waals surface area contributed by atoms with Crippen molar-refractivity contribution in [3.05, 3.63) is 95.1 Å². The molecule has 220 valence electrons. The molecule has 0 fully saturated rings. The summed E-state index contributed by atoms with van der Waals surface area (Å²) in [6.07, 6.45) is -4.14. The normalized spacial score (nSPS) is 11.8. The van der Waals surface area contributed by atoms with Gasteiger partial charge in [0.1, 0.15) is 22.8 Å². The highest BCUT2D eigenvalue weighted by atomic mass is 32.2. The van der Waals surface area contributed by atoms with E-state index in [-0.39, 0.29) is 34.9 Å².